The van der Waals surface area contributed by atoms with E-state index in [1.54, 1.807) is 0 Å². The molecule has 1 unspecified atom stereocenters. The van der Waals surface area contributed by atoms with Crippen LogP contribution in [0, 0.1) is 0 Å². The van der Waals surface area contributed by atoms with Gasteiger partial charge in [0.15, 0.2) is 0 Å². The summed E-state index contributed by atoms with van der Waals surface area (Å²) in [6.45, 7) is 0. The van der Waals surface area contributed by atoms with Crippen LogP contribution in [-0.2, 0) is 6.42 Å². The van der Waals surface area contributed by atoms with Crippen LogP contribution in [0.1, 0.15) is 28.2 Å². The summed E-state index contributed by atoms with van der Waals surface area (Å²) in [4.78, 5) is 0. The Morgan fingerprint density at radius 1 is 0.654 bits per heavy atom. The minimum Gasteiger partial charge on any atom is -0.0723 e. The molecule has 6 rings (SSSR count). The van der Waals surface area contributed by atoms with E-state index in [2.05, 4.69) is 91.0 Å². The van der Waals surface area contributed by atoms with Gasteiger partial charge >= 0.3 is 0 Å². The molecule has 4 aromatic carbocycles. The van der Waals surface area contributed by atoms with Gasteiger partial charge in [0.25, 0.3) is 0 Å². The quantitative estimate of drug-likeness (QED) is 0.362. The molecule has 0 spiro atoms. The Labute approximate surface area is 153 Å². The van der Waals surface area contributed by atoms with Crippen molar-refractivity contribution in [3.63, 3.8) is 0 Å². The minimum absolute atomic E-state index is 0.359. The Balaban J connectivity index is 1.57. The van der Waals surface area contributed by atoms with Crippen LogP contribution in [-0.4, -0.2) is 0 Å². The summed E-state index contributed by atoms with van der Waals surface area (Å²) in [6.07, 6.45) is 8.15. The lowest BCUT2D eigenvalue weighted by atomic mass is 9.77. The molecule has 2 aliphatic carbocycles. The van der Waals surface area contributed by atoms with Gasteiger partial charge in [-0.3, -0.25) is 0 Å². The molecule has 1 atom stereocenters. The molecule has 0 bridgehead atoms. The maximum Gasteiger partial charge on any atom is 0.0244 e. The molecule has 0 heteroatoms. The van der Waals surface area contributed by atoms with Crippen LogP contribution in [0.5, 0.6) is 0 Å². The Bertz CT molecular complexity index is 1240. The van der Waals surface area contributed by atoms with Crippen molar-refractivity contribution in [3.05, 3.63) is 107 Å². The largest absolute Gasteiger partial charge is 0.0723 e. The highest BCUT2D eigenvalue weighted by Crippen LogP contribution is 2.42. The number of rotatable bonds is 1. The van der Waals surface area contributed by atoms with Crippen molar-refractivity contribution in [2.75, 3.05) is 0 Å². The predicted molar refractivity (Wildman–Crippen MR) is 111 cm³/mol. The lowest BCUT2D eigenvalue weighted by Crippen LogP contribution is -2.09. The molecule has 2 aliphatic rings. The van der Waals surface area contributed by atoms with Gasteiger partial charge in [0.2, 0.25) is 0 Å². The second-order valence-corrected chi connectivity index (χ2v) is 7.39. The molecule has 0 heterocycles. The fraction of sp³-hybridized carbons (Fsp3) is 0.0769. The highest BCUT2D eigenvalue weighted by atomic mass is 14.3. The van der Waals surface area contributed by atoms with Crippen LogP contribution in [0.4, 0.5) is 0 Å². The van der Waals surface area contributed by atoms with E-state index in [9.17, 15) is 0 Å². The van der Waals surface area contributed by atoms with Crippen molar-refractivity contribution < 1.29 is 0 Å². The second kappa shape index (κ2) is 5.19. The summed E-state index contributed by atoms with van der Waals surface area (Å²) in [7, 11) is 0. The van der Waals surface area contributed by atoms with Gasteiger partial charge in [0.1, 0.15) is 0 Å². The predicted octanol–water partition coefficient (Wildman–Crippen LogP) is 6.74. The molecule has 0 amide bonds. The van der Waals surface area contributed by atoms with Crippen LogP contribution in [0.15, 0.2) is 84.4 Å². The van der Waals surface area contributed by atoms with E-state index in [4.69, 9.17) is 0 Å². The van der Waals surface area contributed by atoms with Crippen molar-refractivity contribution >= 4 is 33.7 Å². The first kappa shape index (κ1) is 14.1. The summed E-state index contributed by atoms with van der Waals surface area (Å²) in [6, 6.07) is 26.7. The smallest absolute Gasteiger partial charge is 0.0244 e. The zero-order chi connectivity index (χ0) is 17.1. The third kappa shape index (κ3) is 1.90. The van der Waals surface area contributed by atoms with E-state index in [0.717, 1.165) is 6.42 Å². The first-order valence-electron chi connectivity index (χ1n) is 9.29. The molecule has 26 heavy (non-hydrogen) atoms. The van der Waals surface area contributed by atoms with Gasteiger partial charge in [0.05, 0.1) is 0 Å². The summed E-state index contributed by atoms with van der Waals surface area (Å²) in [5.74, 6) is 0.359. The topological polar surface area (TPSA) is 0 Å². The normalized spacial score (nSPS) is 17.5. The Morgan fingerprint density at radius 2 is 1.35 bits per heavy atom. The maximum absolute atomic E-state index is 2.43. The molecular formula is C26H18. The fourth-order valence-electron chi connectivity index (χ4n) is 4.81. The van der Waals surface area contributed by atoms with E-state index in [1.807, 2.05) is 0 Å². The van der Waals surface area contributed by atoms with Crippen molar-refractivity contribution in [2.24, 2.45) is 0 Å². The number of hydrogen-bond donors (Lipinski definition) is 0. The highest BCUT2D eigenvalue weighted by molar-refractivity contribution is 5.98. The summed E-state index contributed by atoms with van der Waals surface area (Å²) >= 11 is 0. The molecule has 0 aromatic heterocycles. The third-order valence-electron chi connectivity index (χ3n) is 5.93. The van der Waals surface area contributed by atoms with E-state index in [1.165, 1.54) is 49.4 Å². The number of hydrogen-bond acceptors (Lipinski definition) is 0. The maximum atomic E-state index is 2.43. The van der Waals surface area contributed by atoms with Gasteiger partial charge in [-0.05, 0) is 50.2 Å². The summed E-state index contributed by atoms with van der Waals surface area (Å²) in [5.41, 5.74) is 7.09. The van der Waals surface area contributed by atoms with Crippen molar-refractivity contribution in [3.8, 4) is 0 Å². The van der Waals surface area contributed by atoms with E-state index in [0.29, 0.717) is 5.92 Å². The Hall–Kier alpha value is -3.12. The van der Waals surface area contributed by atoms with Gasteiger partial charge < -0.3 is 0 Å². The van der Waals surface area contributed by atoms with Gasteiger partial charge in [-0.15, -0.1) is 0 Å². The number of allylic oxidation sites excluding steroid dienone is 2. The molecule has 0 saturated carbocycles. The van der Waals surface area contributed by atoms with Gasteiger partial charge in [-0.2, -0.15) is 0 Å². The lowest BCUT2D eigenvalue weighted by molar-refractivity contribution is 0.946. The minimum atomic E-state index is 0.359. The number of benzene rings is 4. The average Bonchev–Trinajstić information content (AvgIpc) is 2.69. The van der Waals surface area contributed by atoms with E-state index < -0.39 is 0 Å². The van der Waals surface area contributed by atoms with Crippen LogP contribution in [0.2, 0.25) is 0 Å². The molecule has 0 nitrogen and oxygen atoms in total. The van der Waals surface area contributed by atoms with Crippen LogP contribution in [0.3, 0.4) is 0 Å². The summed E-state index contributed by atoms with van der Waals surface area (Å²) in [5, 5.41) is 5.54. The molecule has 0 N–H and O–H groups in total. The monoisotopic (exact) mass is 330 g/mol. The van der Waals surface area contributed by atoms with Crippen molar-refractivity contribution in [1.82, 2.24) is 0 Å². The molecule has 4 aromatic rings. The van der Waals surface area contributed by atoms with Crippen LogP contribution >= 0.6 is 0 Å². The Morgan fingerprint density at radius 3 is 2.19 bits per heavy atom. The molecule has 0 saturated heterocycles. The zero-order valence-electron chi connectivity index (χ0n) is 14.4. The lowest BCUT2D eigenvalue weighted by Gasteiger charge is -2.27. The SMILES string of the molecule is C1=CC(C2=Cc3cccc4cccc(c34)C2)c2cccc3cccc1c23. The summed E-state index contributed by atoms with van der Waals surface area (Å²) < 4.78 is 0. The molecule has 0 radical (unpaired) electrons. The third-order valence-corrected chi connectivity index (χ3v) is 5.93. The van der Waals surface area contributed by atoms with Crippen LogP contribution < -0.4 is 0 Å². The van der Waals surface area contributed by atoms with Crippen molar-refractivity contribution in [1.29, 1.82) is 0 Å². The first-order valence-corrected chi connectivity index (χ1v) is 9.29. The fourth-order valence-corrected chi connectivity index (χ4v) is 4.81. The molecular weight excluding hydrogens is 312 g/mol. The average molecular weight is 330 g/mol. The zero-order valence-corrected chi connectivity index (χ0v) is 14.4. The molecule has 122 valence electrons. The van der Waals surface area contributed by atoms with Gasteiger partial charge in [0, 0.05) is 5.92 Å². The van der Waals surface area contributed by atoms with Gasteiger partial charge in [-0.1, -0.05) is 96.6 Å². The highest BCUT2D eigenvalue weighted by Gasteiger charge is 2.24. The van der Waals surface area contributed by atoms with Crippen molar-refractivity contribution in [2.45, 2.75) is 12.3 Å². The van der Waals surface area contributed by atoms with Gasteiger partial charge in [-0.25, -0.2) is 0 Å². The van der Waals surface area contributed by atoms with E-state index in [-0.39, 0.29) is 0 Å². The van der Waals surface area contributed by atoms with E-state index >= 15 is 0 Å². The second-order valence-electron chi connectivity index (χ2n) is 7.39. The molecule has 0 fully saturated rings. The molecule has 0 aliphatic heterocycles. The Kier molecular flexibility index (Phi) is 2.81. The standard InChI is InChI=1S/C26H18/c1-7-18-9-4-12-24-23(14-13-19(8-1)26(18)24)22-15-20-10-2-5-17-6-3-11-21(16-22)25(17)20/h1-15,23H,16H2. The van der Waals surface area contributed by atoms with Crippen LogP contribution in [0.25, 0.3) is 33.7 Å². The first-order chi connectivity index (χ1) is 12.9.